The van der Waals surface area contributed by atoms with E-state index in [4.69, 9.17) is 4.98 Å². The summed E-state index contributed by atoms with van der Waals surface area (Å²) in [5, 5.41) is 12.7. The zero-order chi connectivity index (χ0) is 24.9. The van der Waals surface area contributed by atoms with Gasteiger partial charge in [0.05, 0.1) is 11.4 Å². The molecular formula is C25H30F2N6O. The minimum atomic E-state index is -3.00. The highest BCUT2D eigenvalue weighted by atomic mass is 19.3. The van der Waals surface area contributed by atoms with E-state index in [9.17, 15) is 13.9 Å². The van der Waals surface area contributed by atoms with Gasteiger partial charge in [0, 0.05) is 62.9 Å². The Hall–Kier alpha value is -3.75. The number of nitrogens with one attached hydrogen (secondary N) is 1. The average Bonchev–Trinajstić information content (AvgIpc) is 2.76. The molecule has 2 aromatic heterocycles. The number of nitrogens with zero attached hydrogens (tertiary/aromatic N) is 5. The molecule has 0 fully saturated rings. The van der Waals surface area contributed by atoms with E-state index in [1.807, 2.05) is 24.1 Å². The molecule has 0 saturated heterocycles. The number of allylic oxidation sites excluding steroid dienone is 1. The lowest BCUT2D eigenvalue weighted by Gasteiger charge is -2.34. The lowest BCUT2D eigenvalue weighted by Crippen LogP contribution is -2.36. The Balaban J connectivity index is 2.06. The van der Waals surface area contributed by atoms with Gasteiger partial charge in [-0.05, 0) is 38.0 Å². The quantitative estimate of drug-likeness (QED) is 0.324. The Morgan fingerprint density at radius 1 is 1.24 bits per heavy atom. The number of fused-ring (bicyclic) bond motifs is 1. The number of aliphatic hydroxyl groups excluding tert-OH is 1. The highest BCUT2D eigenvalue weighted by Crippen LogP contribution is 2.35. The Bertz CT molecular complexity index is 1120. The number of rotatable bonds is 7. The van der Waals surface area contributed by atoms with E-state index in [1.165, 1.54) is 24.5 Å². The van der Waals surface area contributed by atoms with E-state index in [1.54, 1.807) is 13.1 Å². The molecule has 0 aromatic carbocycles. The Morgan fingerprint density at radius 2 is 1.97 bits per heavy atom. The summed E-state index contributed by atoms with van der Waals surface area (Å²) in [7, 11) is 1.99. The molecule has 1 aliphatic rings. The SMILES string of the molecule is C=C(O)/C=C(\N=CC)NC(=C)N1CCCCN(C)c2ccc(-c3cncc(C(C)(F)F)c3)nc21. The summed E-state index contributed by atoms with van der Waals surface area (Å²) >= 11 is 0. The van der Waals surface area contributed by atoms with Crippen LogP contribution in [0.15, 0.2) is 72.2 Å². The molecule has 3 heterocycles. The summed E-state index contributed by atoms with van der Waals surface area (Å²) in [5.74, 6) is -1.64. The second-order valence-electron chi connectivity index (χ2n) is 8.15. The van der Waals surface area contributed by atoms with Crippen LogP contribution in [0.25, 0.3) is 11.3 Å². The van der Waals surface area contributed by atoms with Crippen molar-refractivity contribution in [2.75, 3.05) is 29.9 Å². The molecule has 0 radical (unpaired) electrons. The number of aromatic nitrogens is 2. The van der Waals surface area contributed by atoms with E-state index in [0.29, 0.717) is 35.3 Å². The molecule has 3 rings (SSSR count). The summed E-state index contributed by atoms with van der Waals surface area (Å²) in [6.07, 6.45) is 7.54. The molecule has 1 aliphatic heterocycles. The third kappa shape index (κ3) is 5.98. The van der Waals surface area contributed by atoms with Crippen molar-refractivity contribution in [2.24, 2.45) is 4.99 Å². The Kier molecular flexibility index (Phi) is 7.65. The van der Waals surface area contributed by atoms with Crippen LogP contribution < -0.4 is 15.1 Å². The molecule has 0 unspecified atom stereocenters. The van der Waals surface area contributed by atoms with Gasteiger partial charge in [-0.15, -0.1) is 0 Å². The van der Waals surface area contributed by atoms with E-state index >= 15 is 0 Å². The van der Waals surface area contributed by atoms with E-state index in [-0.39, 0.29) is 11.3 Å². The molecule has 0 aliphatic carbocycles. The van der Waals surface area contributed by atoms with Gasteiger partial charge in [0.2, 0.25) is 0 Å². The number of alkyl halides is 2. The second-order valence-corrected chi connectivity index (χ2v) is 8.15. The van der Waals surface area contributed by atoms with Crippen molar-refractivity contribution in [3.8, 4) is 11.3 Å². The molecule has 34 heavy (non-hydrogen) atoms. The molecule has 2 N–H and O–H groups in total. The summed E-state index contributed by atoms with van der Waals surface area (Å²) in [6, 6.07) is 5.15. The van der Waals surface area contributed by atoms with Crippen LogP contribution in [0.4, 0.5) is 20.3 Å². The van der Waals surface area contributed by atoms with Crippen LogP contribution in [0.2, 0.25) is 0 Å². The highest BCUT2D eigenvalue weighted by Gasteiger charge is 2.26. The maximum absolute atomic E-state index is 13.9. The number of aliphatic hydroxyl groups is 1. The van der Waals surface area contributed by atoms with Crippen LogP contribution in [0.5, 0.6) is 0 Å². The van der Waals surface area contributed by atoms with E-state index < -0.39 is 5.92 Å². The van der Waals surface area contributed by atoms with Gasteiger partial charge >= 0.3 is 0 Å². The van der Waals surface area contributed by atoms with Gasteiger partial charge in [-0.2, -0.15) is 0 Å². The molecule has 0 bridgehead atoms. The topological polar surface area (TPSA) is 76.9 Å². The monoisotopic (exact) mass is 468 g/mol. The van der Waals surface area contributed by atoms with Gasteiger partial charge in [-0.25, -0.2) is 18.8 Å². The smallest absolute Gasteiger partial charge is 0.272 e. The average molecular weight is 469 g/mol. The third-order valence-corrected chi connectivity index (χ3v) is 5.36. The first-order chi connectivity index (χ1) is 16.1. The van der Waals surface area contributed by atoms with Crippen molar-refractivity contribution in [2.45, 2.75) is 32.6 Å². The fourth-order valence-corrected chi connectivity index (χ4v) is 3.64. The second kappa shape index (κ2) is 10.5. The number of hydrogen-bond acceptors (Lipinski definition) is 7. The van der Waals surface area contributed by atoms with Gasteiger partial charge in [-0.3, -0.25) is 4.98 Å². The minimum Gasteiger partial charge on any atom is -0.508 e. The summed E-state index contributed by atoms with van der Waals surface area (Å²) in [6.45, 7) is 11.8. The number of hydrogen-bond donors (Lipinski definition) is 2. The van der Waals surface area contributed by atoms with Crippen LogP contribution in [0.3, 0.4) is 0 Å². The predicted molar refractivity (Wildman–Crippen MR) is 133 cm³/mol. The predicted octanol–water partition coefficient (Wildman–Crippen LogP) is 5.36. The van der Waals surface area contributed by atoms with E-state index in [2.05, 4.69) is 33.4 Å². The van der Waals surface area contributed by atoms with Crippen molar-refractivity contribution >= 4 is 17.7 Å². The van der Waals surface area contributed by atoms with Crippen LogP contribution in [0, 0.1) is 0 Å². The van der Waals surface area contributed by atoms with Gasteiger partial charge in [0.15, 0.2) is 5.82 Å². The zero-order valence-electron chi connectivity index (χ0n) is 19.7. The molecule has 9 heteroatoms. The van der Waals surface area contributed by atoms with Crippen LogP contribution in [0.1, 0.15) is 32.3 Å². The molecule has 0 spiro atoms. The third-order valence-electron chi connectivity index (χ3n) is 5.36. The van der Waals surface area contributed by atoms with Gasteiger partial charge < -0.3 is 20.2 Å². The normalized spacial score (nSPS) is 15.0. The molecular weight excluding hydrogens is 438 g/mol. The molecule has 0 amide bonds. The van der Waals surface area contributed by atoms with Crippen molar-refractivity contribution in [1.29, 1.82) is 0 Å². The molecule has 2 aromatic rings. The fourth-order valence-electron chi connectivity index (χ4n) is 3.64. The lowest BCUT2D eigenvalue weighted by molar-refractivity contribution is 0.0171. The van der Waals surface area contributed by atoms with E-state index in [0.717, 1.165) is 32.0 Å². The van der Waals surface area contributed by atoms with Crippen molar-refractivity contribution in [1.82, 2.24) is 15.3 Å². The largest absolute Gasteiger partial charge is 0.508 e. The fraction of sp³-hybridized carbons (Fsp3) is 0.320. The number of pyridine rings is 2. The van der Waals surface area contributed by atoms with Crippen molar-refractivity contribution < 1.29 is 13.9 Å². The molecule has 0 saturated carbocycles. The van der Waals surface area contributed by atoms with Crippen LogP contribution in [-0.4, -0.2) is 41.4 Å². The Morgan fingerprint density at radius 3 is 2.65 bits per heavy atom. The summed E-state index contributed by atoms with van der Waals surface area (Å²) < 4.78 is 27.8. The van der Waals surface area contributed by atoms with Gasteiger partial charge in [0.25, 0.3) is 5.92 Å². The van der Waals surface area contributed by atoms with Crippen LogP contribution in [-0.2, 0) is 5.92 Å². The molecule has 180 valence electrons. The highest BCUT2D eigenvalue weighted by molar-refractivity contribution is 5.74. The van der Waals surface area contributed by atoms with Crippen molar-refractivity contribution in [3.05, 3.63) is 72.8 Å². The minimum absolute atomic E-state index is 0.144. The van der Waals surface area contributed by atoms with Crippen LogP contribution >= 0.6 is 0 Å². The van der Waals surface area contributed by atoms with Gasteiger partial charge in [-0.1, -0.05) is 13.2 Å². The van der Waals surface area contributed by atoms with Crippen molar-refractivity contribution in [3.63, 3.8) is 0 Å². The maximum atomic E-state index is 13.9. The molecule has 7 nitrogen and oxygen atoms in total. The number of aliphatic imine (C=N–C) groups is 1. The summed E-state index contributed by atoms with van der Waals surface area (Å²) in [4.78, 5) is 17.1. The first-order valence-corrected chi connectivity index (χ1v) is 11.0. The molecule has 0 atom stereocenters. The Labute approximate surface area is 198 Å². The summed E-state index contributed by atoms with van der Waals surface area (Å²) in [5.41, 5.74) is 1.73. The standard InChI is InChI=1S/C25H30F2N6O/c1-6-29-23(13-17(2)34)30-18(3)33-12-8-7-11-32(5)22-10-9-21(31-24(22)33)19-14-20(16-28-15-19)25(4,26)27/h6,9-10,13-16,30,34H,2-3,7-8,11-12H2,1,4-5H3/b23-13+,29-6?. The number of anilines is 2. The van der Waals surface area contributed by atoms with Gasteiger partial charge in [0.1, 0.15) is 17.4 Å². The number of halogens is 2. The first-order valence-electron chi connectivity index (χ1n) is 11.0. The lowest BCUT2D eigenvalue weighted by atomic mass is 10.1. The maximum Gasteiger partial charge on any atom is 0.272 e. The zero-order valence-corrected chi connectivity index (χ0v) is 19.7. The first kappa shape index (κ1) is 24.9.